The quantitative estimate of drug-likeness (QED) is 0.463. The predicted molar refractivity (Wildman–Crippen MR) is 115 cm³/mol. The zero-order valence-corrected chi connectivity index (χ0v) is 17.6. The van der Waals surface area contributed by atoms with Crippen molar-refractivity contribution in [2.75, 3.05) is 77.5 Å². The van der Waals surface area contributed by atoms with Crippen molar-refractivity contribution < 1.29 is 9.13 Å². The number of benzene rings is 1. The molecule has 0 amide bonds. The van der Waals surface area contributed by atoms with E-state index in [1.807, 2.05) is 19.2 Å². The summed E-state index contributed by atoms with van der Waals surface area (Å²) in [6.45, 7) is 9.67. The van der Waals surface area contributed by atoms with Gasteiger partial charge in [-0.25, -0.2) is 4.39 Å². The minimum absolute atomic E-state index is 0.121. The molecular formula is C22H34FN5O. The fourth-order valence-electron chi connectivity index (χ4n) is 4.84. The molecule has 0 radical (unpaired) electrons. The predicted octanol–water partition coefficient (Wildman–Crippen LogP) is 2.03. The third kappa shape index (κ3) is 4.83. The highest BCUT2D eigenvalue weighted by Crippen LogP contribution is 2.38. The Morgan fingerprint density at radius 1 is 1.17 bits per heavy atom. The van der Waals surface area contributed by atoms with Gasteiger partial charge in [-0.3, -0.25) is 9.89 Å². The number of hydrogen-bond donors (Lipinski definition) is 1. The number of guanidine groups is 1. The highest BCUT2D eigenvalue weighted by atomic mass is 19.1. The molecule has 29 heavy (non-hydrogen) atoms. The lowest BCUT2D eigenvalue weighted by atomic mass is 9.87. The molecule has 3 heterocycles. The van der Waals surface area contributed by atoms with Crippen molar-refractivity contribution in [1.82, 2.24) is 15.1 Å². The van der Waals surface area contributed by atoms with Crippen molar-refractivity contribution in [2.24, 2.45) is 10.4 Å². The largest absolute Gasteiger partial charge is 0.381 e. The second-order valence-electron chi connectivity index (χ2n) is 8.58. The van der Waals surface area contributed by atoms with Crippen LogP contribution in [0.5, 0.6) is 0 Å². The maximum atomic E-state index is 14.0. The van der Waals surface area contributed by atoms with Gasteiger partial charge in [0.15, 0.2) is 5.96 Å². The van der Waals surface area contributed by atoms with Crippen LogP contribution in [0.4, 0.5) is 10.1 Å². The fourth-order valence-corrected chi connectivity index (χ4v) is 4.84. The summed E-state index contributed by atoms with van der Waals surface area (Å²) in [6.07, 6.45) is 3.47. The van der Waals surface area contributed by atoms with E-state index < -0.39 is 0 Å². The summed E-state index contributed by atoms with van der Waals surface area (Å²) in [5.74, 6) is 0.905. The molecule has 0 bridgehead atoms. The number of hydrogen-bond acceptors (Lipinski definition) is 4. The van der Waals surface area contributed by atoms with Crippen LogP contribution in [0.15, 0.2) is 29.3 Å². The molecule has 160 valence electrons. The van der Waals surface area contributed by atoms with Crippen molar-refractivity contribution >= 4 is 11.6 Å². The normalized spacial score (nSPS) is 25.9. The maximum absolute atomic E-state index is 14.0. The summed E-state index contributed by atoms with van der Waals surface area (Å²) < 4.78 is 19.6. The number of halogens is 1. The average molecular weight is 404 g/mol. The van der Waals surface area contributed by atoms with Gasteiger partial charge in [0.2, 0.25) is 0 Å². The fraction of sp³-hybridized carbons (Fsp3) is 0.682. The summed E-state index contributed by atoms with van der Waals surface area (Å²) >= 11 is 0. The average Bonchev–Trinajstić information content (AvgIpc) is 3.39. The number of likely N-dealkylation sites (tertiary alicyclic amines) is 1. The van der Waals surface area contributed by atoms with Gasteiger partial charge in [-0.1, -0.05) is 12.1 Å². The lowest BCUT2D eigenvalue weighted by molar-refractivity contribution is 0.156. The van der Waals surface area contributed by atoms with E-state index in [2.05, 4.69) is 25.0 Å². The number of anilines is 1. The zero-order valence-electron chi connectivity index (χ0n) is 17.6. The molecule has 4 rings (SSSR count). The van der Waals surface area contributed by atoms with Gasteiger partial charge in [0.1, 0.15) is 5.82 Å². The smallest absolute Gasteiger partial charge is 0.193 e. The van der Waals surface area contributed by atoms with E-state index >= 15 is 0 Å². The molecule has 1 aromatic carbocycles. The second kappa shape index (κ2) is 9.30. The Kier molecular flexibility index (Phi) is 6.55. The van der Waals surface area contributed by atoms with E-state index in [1.54, 1.807) is 12.1 Å². The first kappa shape index (κ1) is 20.4. The van der Waals surface area contributed by atoms with Gasteiger partial charge in [-0.15, -0.1) is 0 Å². The molecule has 3 aliphatic rings. The molecule has 7 heteroatoms. The molecule has 1 N–H and O–H groups in total. The Labute approximate surface area is 173 Å². The van der Waals surface area contributed by atoms with Gasteiger partial charge in [-0.05, 0) is 37.9 Å². The first-order valence-electron chi connectivity index (χ1n) is 10.9. The van der Waals surface area contributed by atoms with Crippen LogP contribution in [-0.4, -0.2) is 88.4 Å². The summed E-state index contributed by atoms with van der Waals surface area (Å²) in [5.41, 5.74) is 1.09. The Morgan fingerprint density at radius 2 is 2.00 bits per heavy atom. The number of piperazine rings is 1. The number of ether oxygens (including phenoxy) is 1. The first-order valence-corrected chi connectivity index (χ1v) is 10.9. The molecule has 1 unspecified atom stereocenters. The van der Waals surface area contributed by atoms with Crippen molar-refractivity contribution in [3.63, 3.8) is 0 Å². The van der Waals surface area contributed by atoms with E-state index in [1.165, 1.54) is 12.8 Å². The standard InChI is InChI=1S/C22H34FN5O/c1-24-21(28-11-7-22(17-28)8-16-29-18-22)25-9-4-10-26-12-14-27(15-13-26)20-6-3-2-5-19(20)23/h2-3,5-6H,4,7-18H2,1H3,(H,24,25). The van der Waals surface area contributed by atoms with E-state index in [9.17, 15) is 4.39 Å². The van der Waals surface area contributed by atoms with Gasteiger partial charge in [-0.2, -0.15) is 0 Å². The molecule has 0 aromatic heterocycles. The van der Waals surface area contributed by atoms with Crippen molar-refractivity contribution in [2.45, 2.75) is 19.3 Å². The minimum Gasteiger partial charge on any atom is -0.381 e. The van der Waals surface area contributed by atoms with Crippen molar-refractivity contribution in [3.8, 4) is 0 Å². The van der Waals surface area contributed by atoms with Gasteiger partial charge < -0.3 is 19.9 Å². The third-order valence-corrected chi connectivity index (χ3v) is 6.63. The highest BCUT2D eigenvalue weighted by molar-refractivity contribution is 5.80. The highest BCUT2D eigenvalue weighted by Gasteiger charge is 2.42. The number of aliphatic imine (C=N–C) groups is 1. The number of nitrogens with zero attached hydrogens (tertiary/aromatic N) is 4. The van der Waals surface area contributed by atoms with E-state index in [0.29, 0.717) is 5.41 Å². The van der Waals surface area contributed by atoms with Crippen LogP contribution in [0.2, 0.25) is 0 Å². The number of para-hydroxylation sites is 1. The molecule has 0 saturated carbocycles. The minimum atomic E-state index is -0.121. The van der Waals surface area contributed by atoms with Crippen LogP contribution < -0.4 is 10.2 Å². The molecule has 6 nitrogen and oxygen atoms in total. The summed E-state index contributed by atoms with van der Waals surface area (Å²) in [7, 11) is 1.88. The van der Waals surface area contributed by atoms with E-state index in [-0.39, 0.29) is 5.82 Å². The third-order valence-electron chi connectivity index (χ3n) is 6.63. The maximum Gasteiger partial charge on any atom is 0.193 e. The van der Waals surface area contributed by atoms with E-state index in [0.717, 1.165) is 83.6 Å². The first-order chi connectivity index (χ1) is 14.2. The number of rotatable bonds is 5. The molecule has 1 atom stereocenters. The molecule has 0 aliphatic carbocycles. The SMILES string of the molecule is CN=C(NCCCN1CCN(c2ccccc2F)CC1)N1CCC2(CCOC2)C1. The van der Waals surface area contributed by atoms with Crippen LogP contribution >= 0.6 is 0 Å². The van der Waals surface area contributed by atoms with Crippen LogP contribution in [0.3, 0.4) is 0 Å². The number of nitrogens with one attached hydrogen (secondary N) is 1. The van der Waals surface area contributed by atoms with Gasteiger partial charge in [0.25, 0.3) is 0 Å². The van der Waals surface area contributed by atoms with Gasteiger partial charge in [0, 0.05) is 64.9 Å². The Balaban J connectivity index is 1.15. The molecular weight excluding hydrogens is 369 g/mol. The molecule has 1 spiro atoms. The van der Waals surface area contributed by atoms with Crippen LogP contribution in [0, 0.1) is 11.2 Å². The van der Waals surface area contributed by atoms with Crippen LogP contribution in [0.1, 0.15) is 19.3 Å². The van der Waals surface area contributed by atoms with E-state index in [4.69, 9.17) is 4.74 Å². The molecule has 3 fully saturated rings. The lowest BCUT2D eigenvalue weighted by Gasteiger charge is -2.36. The summed E-state index contributed by atoms with van der Waals surface area (Å²) in [4.78, 5) is 11.5. The summed E-state index contributed by atoms with van der Waals surface area (Å²) in [6, 6.07) is 7.08. The monoisotopic (exact) mass is 403 g/mol. The van der Waals surface area contributed by atoms with Crippen LogP contribution in [0.25, 0.3) is 0 Å². The summed E-state index contributed by atoms with van der Waals surface area (Å²) in [5, 5.41) is 3.55. The molecule has 1 aromatic rings. The second-order valence-corrected chi connectivity index (χ2v) is 8.58. The van der Waals surface area contributed by atoms with Crippen molar-refractivity contribution in [3.05, 3.63) is 30.1 Å². The zero-order chi connectivity index (χ0) is 20.1. The Morgan fingerprint density at radius 3 is 2.72 bits per heavy atom. The topological polar surface area (TPSA) is 43.3 Å². The van der Waals surface area contributed by atoms with Crippen LogP contribution in [-0.2, 0) is 4.74 Å². The van der Waals surface area contributed by atoms with Crippen molar-refractivity contribution in [1.29, 1.82) is 0 Å². The van der Waals surface area contributed by atoms with Gasteiger partial charge >= 0.3 is 0 Å². The van der Waals surface area contributed by atoms with Gasteiger partial charge in [0.05, 0.1) is 12.3 Å². The molecule has 3 aliphatic heterocycles. The lowest BCUT2D eigenvalue weighted by Crippen LogP contribution is -2.47. The molecule has 3 saturated heterocycles. The Hall–Kier alpha value is -1.86. The Bertz CT molecular complexity index is 698.